The van der Waals surface area contributed by atoms with Gasteiger partial charge in [0.15, 0.2) is 5.16 Å². The van der Waals surface area contributed by atoms with Crippen LogP contribution in [0.2, 0.25) is 0 Å². The molecule has 1 aliphatic heterocycles. The Morgan fingerprint density at radius 1 is 1.37 bits per heavy atom. The van der Waals surface area contributed by atoms with Gasteiger partial charge in [0.05, 0.1) is 26.3 Å². The molecule has 2 heterocycles. The summed E-state index contributed by atoms with van der Waals surface area (Å²) in [5.41, 5.74) is 1.08. The third kappa shape index (κ3) is 5.34. The third-order valence-electron chi connectivity index (χ3n) is 4.65. The second-order valence-electron chi connectivity index (χ2n) is 6.69. The Labute approximate surface area is 165 Å². The van der Waals surface area contributed by atoms with E-state index in [0.29, 0.717) is 0 Å². The highest BCUT2D eigenvalue weighted by Crippen LogP contribution is 2.21. The second-order valence-corrected chi connectivity index (χ2v) is 7.46. The molecule has 27 heavy (non-hydrogen) atoms. The van der Waals surface area contributed by atoms with Crippen LogP contribution in [0.25, 0.3) is 6.08 Å². The summed E-state index contributed by atoms with van der Waals surface area (Å²) < 4.78 is 13.4. The zero-order chi connectivity index (χ0) is 19.1. The van der Waals surface area contributed by atoms with Crippen molar-refractivity contribution in [2.45, 2.75) is 37.2 Å². The number of likely N-dealkylation sites (N-methyl/N-ethyl adjacent to an activating group) is 1. The van der Waals surface area contributed by atoms with Crippen LogP contribution in [-0.4, -0.2) is 59.3 Å². The Balaban J connectivity index is 1.61. The molecular formula is C20H28N4O2S. The molecule has 0 amide bonds. The lowest BCUT2D eigenvalue weighted by atomic mass is 10.2. The van der Waals surface area contributed by atoms with E-state index in [2.05, 4.69) is 44.9 Å². The van der Waals surface area contributed by atoms with Crippen molar-refractivity contribution >= 4 is 17.8 Å². The fraction of sp³-hybridized carbons (Fsp3) is 0.500. The SMILES string of the molecule is COc1ccccc1/C=C/CN(C)Cc1nnc(SC)n1C[C@@H]1CCCO1. The van der Waals surface area contributed by atoms with Gasteiger partial charge in [-0.05, 0) is 32.2 Å². The molecule has 0 saturated carbocycles. The molecule has 0 aliphatic carbocycles. The average molecular weight is 389 g/mol. The van der Waals surface area contributed by atoms with E-state index in [-0.39, 0.29) is 6.10 Å². The predicted octanol–water partition coefficient (Wildman–Crippen LogP) is 3.33. The lowest BCUT2D eigenvalue weighted by molar-refractivity contribution is 0.0936. The zero-order valence-corrected chi connectivity index (χ0v) is 17.1. The fourth-order valence-electron chi connectivity index (χ4n) is 3.23. The van der Waals surface area contributed by atoms with Crippen molar-refractivity contribution in [1.29, 1.82) is 0 Å². The van der Waals surface area contributed by atoms with E-state index in [9.17, 15) is 0 Å². The van der Waals surface area contributed by atoms with Crippen molar-refractivity contribution in [3.63, 3.8) is 0 Å². The van der Waals surface area contributed by atoms with Gasteiger partial charge < -0.3 is 14.0 Å². The number of hydrogen-bond donors (Lipinski definition) is 0. The number of hydrogen-bond acceptors (Lipinski definition) is 6. The van der Waals surface area contributed by atoms with Gasteiger partial charge in [0.1, 0.15) is 11.6 Å². The summed E-state index contributed by atoms with van der Waals surface area (Å²) in [6, 6.07) is 8.02. The molecule has 1 aliphatic rings. The number of rotatable bonds is 9. The molecule has 2 aromatic rings. The van der Waals surface area contributed by atoms with Gasteiger partial charge in [-0.1, -0.05) is 42.1 Å². The van der Waals surface area contributed by atoms with Crippen LogP contribution in [0.3, 0.4) is 0 Å². The Hall–Kier alpha value is -1.83. The Morgan fingerprint density at radius 2 is 2.22 bits per heavy atom. The number of para-hydroxylation sites is 1. The predicted molar refractivity (Wildman–Crippen MR) is 109 cm³/mol. The lowest BCUT2D eigenvalue weighted by Crippen LogP contribution is -2.23. The molecule has 0 unspecified atom stereocenters. The Kier molecular flexibility index (Phi) is 7.32. The van der Waals surface area contributed by atoms with Gasteiger partial charge in [0, 0.05) is 18.7 Å². The van der Waals surface area contributed by atoms with Crippen LogP contribution in [0.1, 0.15) is 24.2 Å². The van der Waals surface area contributed by atoms with Crippen LogP contribution in [0, 0.1) is 0 Å². The molecule has 1 aromatic heterocycles. The minimum Gasteiger partial charge on any atom is -0.496 e. The molecule has 1 saturated heterocycles. The van der Waals surface area contributed by atoms with Gasteiger partial charge in [-0.15, -0.1) is 10.2 Å². The van der Waals surface area contributed by atoms with Gasteiger partial charge in [-0.2, -0.15) is 0 Å². The van der Waals surface area contributed by atoms with Crippen LogP contribution < -0.4 is 4.74 Å². The molecule has 1 fully saturated rings. The minimum absolute atomic E-state index is 0.279. The number of nitrogens with zero attached hydrogens (tertiary/aromatic N) is 4. The minimum atomic E-state index is 0.279. The first-order chi connectivity index (χ1) is 13.2. The fourth-order valence-corrected chi connectivity index (χ4v) is 3.75. The van der Waals surface area contributed by atoms with Crippen molar-refractivity contribution in [3.05, 3.63) is 41.7 Å². The maximum Gasteiger partial charge on any atom is 0.191 e. The molecule has 3 rings (SSSR count). The summed E-state index contributed by atoms with van der Waals surface area (Å²) >= 11 is 1.63. The second kappa shape index (κ2) is 9.92. The van der Waals surface area contributed by atoms with Gasteiger partial charge in [-0.25, -0.2) is 0 Å². The van der Waals surface area contributed by atoms with E-state index >= 15 is 0 Å². The highest BCUT2D eigenvalue weighted by atomic mass is 32.2. The summed E-state index contributed by atoms with van der Waals surface area (Å²) in [6.45, 7) is 3.27. The van der Waals surface area contributed by atoms with Crippen molar-refractivity contribution < 1.29 is 9.47 Å². The quantitative estimate of drug-likeness (QED) is 0.614. The largest absolute Gasteiger partial charge is 0.496 e. The maximum atomic E-state index is 5.80. The van der Waals surface area contributed by atoms with Crippen molar-refractivity contribution in [1.82, 2.24) is 19.7 Å². The van der Waals surface area contributed by atoms with Gasteiger partial charge in [0.2, 0.25) is 0 Å². The van der Waals surface area contributed by atoms with Crippen molar-refractivity contribution in [2.75, 3.05) is 33.6 Å². The van der Waals surface area contributed by atoms with Crippen LogP contribution in [0.4, 0.5) is 0 Å². The summed E-state index contributed by atoms with van der Waals surface area (Å²) in [4.78, 5) is 2.23. The summed E-state index contributed by atoms with van der Waals surface area (Å²) in [6.07, 6.45) is 8.82. The summed E-state index contributed by atoms with van der Waals surface area (Å²) in [7, 11) is 3.79. The highest BCUT2D eigenvalue weighted by Gasteiger charge is 2.20. The van der Waals surface area contributed by atoms with E-state index < -0.39 is 0 Å². The van der Waals surface area contributed by atoms with Gasteiger partial charge in [-0.3, -0.25) is 4.90 Å². The summed E-state index contributed by atoms with van der Waals surface area (Å²) in [5, 5.41) is 9.71. The molecule has 0 radical (unpaired) electrons. The van der Waals surface area contributed by atoms with Crippen LogP contribution in [0.5, 0.6) is 5.75 Å². The molecular weight excluding hydrogens is 360 g/mol. The van der Waals surface area contributed by atoms with Gasteiger partial charge in [0.25, 0.3) is 0 Å². The molecule has 146 valence electrons. The summed E-state index contributed by atoms with van der Waals surface area (Å²) in [5.74, 6) is 1.88. The van der Waals surface area contributed by atoms with E-state index in [1.165, 1.54) is 0 Å². The van der Waals surface area contributed by atoms with E-state index in [1.807, 2.05) is 24.5 Å². The number of aromatic nitrogens is 3. The number of benzene rings is 1. The zero-order valence-electron chi connectivity index (χ0n) is 16.3. The first-order valence-electron chi connectivity index (χ1n) is 9.27. The molecule has 6 nitrogen and oxygen atoms in total. The topological polar surface area (TPSA) is 52.4 Å². The molecule has 0 N–H and O–H groups in total. The van der Waals surface area contributed by atoms with Crippen LogP contribution in [-0.2, 0) is 17.8 Å². The number of methoxy groups -OCH3 is 1. The van der Waals surface area contributed by atoms with Crippen LogP contribution in [0.15, 0.2) is 35.5 Å². The molecule has 0 bridgehead atoms. The molecule has 1 atom stereocenters. The van der Waals surface area contributed by atoms with Crippen LogP contribution >= 0.6 is 11.8 Å². The van der Waals surface area contributed by atoms with Crippen molar-refractivity contribution in [3.8, 4) is 5.75 Å². The molecule has 0 spiro atoms. The first kappa shape index (κ1) is 19.9. The van der Waals surface area contributed by atoms with Gasteiger partial charge >= 0.3 is 0 Å². The highest BCUT2D eigenvalue weighted by molar-refractivity contribution is 7.98. The van der Waals surface area contributed by atoms with E-state index in [1.54, 1.807) is 18.9 Å². The Bertz CT molecular complexity index is 756. The normalized spacial score (nSPS) is 17.3. The maximum absolute atomic E-state index is 5.80. The smallest absolute Gasteiger partial charge is 0.191 e. The third-order valence-corrected chi connectivity index (χ3v) is 5.32. The first-order valence-corrected chi connectivity index (χ1v) is 10.5. The average Bonchev–Trinajstić information content (AvgIpc) is 3.33. The Morgan fingerprint density at radius 3 is 2.96 bits per heavy atom. The van der Waals surface area contributed by atoms with E-state index in [0.717, 1.165) is 61.4 Å². The van der Waals surface area contributed by atoms with Crippen molar-refractivity contribution in [2.24, 2.45) is 0 Å². The van der Waals surface area contributed by atoms with E-state index in [4.69, 9.17) is 9.47 Å². The number of ether oxygens (including phenoxy) is 2. The lowest BCUT2D eigenvalue weighted by Gasteiger charge is -2.17. The monoisotopic (exact) mass is 388 g/mol. The molecule has 7 heteroatoms. The standard InChI is InChI=1S/C20H28N4O2S/c1-23(12-6-9-16-8-4-5-11-18(16)25-2)15-19-21-22-20(27-3)24(19)14-17-10-7-13-26-17/h4-6,8-9,11,17H,7,10,12-15H2,1-3H3/b9-6+/t17-/m0/s1. The number of thioether (sulfide) groups is 1. The molecule has 1 aromatic carbocycles.